The van der Waals surface area contributed by atoms with E-state index in [-0.39, 0.29) is 11.9 Å². The Morgan fingerprint density at radius 3 is 2.80 bits per heavy atom. The third-order valence-electron chi connectivity index (χ3n) is 3.84. The Labute approximate surface area is 150 Å². The maximum Gasteiger partial charge on any atom is 0.263 e. The molecule has 3 aromatic rings. The highest BCUT2D eigenvalue weighted by molar-refractivity contribution is 7.17. The van der Waals surface area contributed by atoms with Crippen LogP contribution < -0.4 is 5.32 Å². The average molecular weight is 355 g/mol. The van der Waals surface area contributed by atoms with Crippen molar-refractivity contribution in [1.29, 1.82) is 0 Å². The largest absolute Gasteiger partial charge is 0.347 e. The van der Waals surface area contributed by atoms with Crippen molar-refractivity contribution in [2.24, 2.45) is 0 Å². The highest BCUT2D eigenvalue weighted by Gasteiger charge is 2.18. The molecule has 3 rings (SSSR count). The number of nitrogens with one attached hydrogen (secondary N) is 1. The minimum atomic E-state index is -0.0980. The van der Waals surface area contributed by atoms with Crippen LogP contribution >= 0.6 is 11.3 Å². The normalized spacial score (nSPS) is 12.2. The average Bonchev–Trinajstić information content (AvgIpc) is 3.10. The molecule has 0 fully saturated rings. The van der Waals surface area contributed by atoms with Gasteiger partial charge in [0.2, 0.25) is 0 Å². The van der Waals surface area contributed by atoms with Gasteiger partial charge in [0, 0.05) is 29.7 Å². The number of aryl methyl sites for hydroxylation is 3. The number of amides is 1. The molecule has 3 heterocycles. The van der Waals surface area contributed by atoms with Gasteiger partial charge in [-0.2, -0.15) is 5.10 Å². The number of rotatable bonds is 5. The van der Waals surface area contributed by atoms with Crippen molar-refractivity contribution in [3.63, 3.8) is 0 Å². The van der Waals surface area contributed by atoms with Crippen molar-refractivity contribution in [3.05, 3.63) is 52.6 Å². The van der Waals surface area contributed by atoms with Gasteiger partial charge >= 0.3 is 0 Å². The lowest BCUT2D eigenvalue weighted by Crippen LogP contribution is -2.36. The maximum absolute atomic E-state index is 12.6. The first kappa shape index (κ1) is 17.3. The summed E-state index contributed by atoms with van der Waals surface area (Å²) < 4.78 is 1.92. The molecule has 0 saturated carbocycles. The van der Waals surface area contributed by atoms with Crippen molar-refractivity contribution in [3.8, 4) is 10.6 Å². The summed E-state index contributed by atoms with van der Waals surface area (Å²) in [6, 6.07) is 5.80. The minimum absolute atomic E-state index is 0.0335. The van der Waals surface area contributed by atoms with Gasteiger partial charge in [-0.1, -0.05) is 0 Å². The zero-order chi connectivity index (χ0) is 18.0. The molecule has 25 heavy (non-hydrogen) atoms. The van der Waals surface area contributed by atoms with E-state index in [9.17, 15) is 4.79 Å². The molecule has 1 unspecified atom stereocenters. The molecular weight excluding hydrogens is 334 g/mol. The maximum atomic E-state index is 12.6. The van der Waals surface area contributed by atoms with Crippen LogP contribution in [0.5, 0.6) is 0 Å². The zero-order valence-corrected chi connectivity index (χ0v) is 15.6. The Hall–Kier alpha value is -2.54. The van der Waals surface area contributed by atoms with Crippen LogP contribution in [0, 0.1) is 20.8 Å². The van der Waals surface area contributed by atoms with Gasteiger partial charge in [-0.3, -0.25) is 14.5 Å². The summed E-state index contributed by atoms with van der Waals surface area (Å²) >= 11 is 1.39. The summed E-state index contributed by atoms with van der Waals surface area (Å²) in [7, 11) is 0. The molecule has 0 aliphatic rings. The second-order valence-electron chi connectivity index (χ2n) is 6.16. The van der Waals surface area contributed by atoms with Crippen LogP contribution in [-0.2, 0) is 6.54 Å². The molecule has 0 aromatic carbocycles. The van der Waals surface area contributed by atoms with Crippen molar-refractivity contribution >= 4 is 17.2 Å². The fourth-order valence-electron chi connectivity index (χ4n) is 2.67. The fraction of sp³-hybridized carbons (Fsp3) is 0.333. The molecule has 3 aromatic heterocycles. The molecule has 6 nitrogen and oxygen atoms in total. The Balaban J connectivity index is 1.71. The summed E-state index contributed by atoms with van der Waals surface area (Å²) in [4.78, 5) is 21.9. The van der Waals surface area contributed by atoms with Crippen LogP contribution in [0.25, 0.3) is 10.6 Å². The third kappa shape index (κ3) is 3.93. The summed E-state index contributed by atoms with van der Waals surface area (Å²) in [5, 5.41) is 8.29. The Morgan fingerprint density at radius 2 is 2.16 bits per heavy atom. The second kappa shape index (κ2) is 7.14. The zero-order valence-electron chi connectivity index (χ0n) is 14.8. The fourth-order valence-corrected chi connectivity index (χ4v) is 3.63. The van der Waals surface area contributed by atoms with E-state index in [0.29, 0.717) is 11.4 Å². The quantitative estimate of drug-likeness (QED) is 0.763. The summed E-state index contributed by atoms with van der Waals surface area (Å²) in [5.41, 5.74) is 3.73. The van der Waals surface area contributed by atoms with E-state index in [1.54, 1.807) is 12.4 Å². The predicted molar refractivity (Wildman–Crippen MR) is 98.7 cm³/mol. The number of carbonyl (C=O) groups excluding carboxylic acids is 1. The molecule has 0 spiro atoms. The molecule has 0 aliphatic carbocycles. The molecule has 1 amide bonds. The van der Waals surface area contributed by atoms with E-state index in [2.05, 4.69) is 20.4 Å². The first-order chi connectivity index (χ1) is 11.9. The number of hydrogen-bond acceptors (Lipinski definition) is 5. The number of nitrogens with zero attached hydrogens (tertiary/aromatic N) is 4. The lowest BCUT2D eigenvalue weighted by molar-refractivity contribution is 0.0939. The number of aromatic nitrogens is 4. The summed E-state index contributed by atoms with van der Waals surface area (Å²) in [6.07, 6.45) is 3.48. The number of hydrogen-bond donors (Lipinski definition) is 1. The van der Waals surface area contributed by atoms with E-state index in [1.165, 1.54) is 11.3 Å². The number of pyridine rings is 1. The van der Waals surface area contributed by atoms with Gasteiger partial charge in [0.1, 0.15) is 9.88 Å². The molecule has 7 heteroatoms. The predicted octanol–water partition coefficient (Wildman–Crippen LogP) is 3.15. The van der Waals surface area contributed by atoms with E-state index < -0.39 is 0 Å². The molecule has 0 radical (unpaired) electrons. The third-order valence-corrected chi connectivity index (χ3v) is 5.04. The minimum Gasteiger partial charge on any atom is -0.347 e. The molecule has 130 valence electrons. The van der Waals surface area contributed by atoms with E-state index in [1.807, 2.05) is 50.6 Å². The van der Waals surface area contributed by atoms with E-state index >= 15 is 0 Å². The van der Waals surface area contributed by atoms with Crippen LogP contribution in [-0.4, -0.2) is 31.7 Å². The van der Waals surface area contributed by atoms with Crippen molar-refractivity contribution in [1.82, 2.24) is 25.1 Å². The highest BCUT2D eigenvalue weighted by Crippen LogP contribution is 2.27. The van der Waals surface area contributed by atoms with Gasteiger partial charge in [0.15, 0.2) is 0 Å². The lowest BCUT2D eigenvalue weighted by Gasteiger charge is -2.14. The molecule has 1 N–H and O–H groups in total. The van der Waals surface area contributed by atoms with Gasteiger partial charge < -0.3 is 5.32 Å². The Bertz CT molecular complexity index is 884. The van der Waals surface area contributed by atoms with Crippen LogP contribution in [0.15, 0.2) is 30.6 Å². The topological polar surface area (TPSA) is 72.7 Å². The summed E-state index contributed by atoms with van der Waals surface area (Å²) in [5.74, 6) is -0.0980. The first-order valence-electron chi connectivity index (χ1n) is 8.14. The molecule has 0 aliphatic heterocycles. The van der Waals surface area contributed by atoms with Gasteiger partial charge in [-0.15, -0.1) is 11.3 Å². The van der Waals surface area contributed by atoms with Gasteiger partial charge in [0.25, 0.3) is 5.91 Å². The second-order valence-corrected chi connectivity index (χ2v) is 7.16. The summed E-state index contributed by atoms with van der Waals surface area (Å²) in [6.45, 7) is 8.46. The van der Waals surface area contributed by atoms with Gasteiger partial charge in [0.05, 0.1) is 17.9 Å². The van der Waals surface area contributed by atoms with Gasteiger partial charge in [-0.05, 0) is 45.9 Å². The van der Waals surface area contributed by atoms with Crippen LogP contribution in [0.3, 0.4) is 0 Å². The van der Waals surface area contributed by atoms with Crippen LogP contribution in [0.2, 0.25) is 0 Å². The lowest BCUT2D eigenvalue weighted by atomic mass is 10.3. The Morgan fingerprint density at radius 1 is 1.36 bits per heavy atom. The Kier molecular flexibility index (Phi) is 4.94. The highest BCUT2D eigenvalue weighted by atomic mass is 32.1. The van der Waals surface area contributed by atoms with Crippen LogP contribution in [0.1, 0.15) is 33.7 Å². The van der Waals surface area contributed by atoms with Crippen molar-refractivity contribution < 1.29 is 4.79 Å². The number of carbonyl (C=O) groups is 1. The van der Waals surface area contributed by atoms with E-state index in [0.717, 1.165) is 27.7 Å². The van der Waals surface area contributed by atoms with E-state index in [4.69, 9.17) is 0 Å². The van der Waals surface area contributed by atoms with Gasteiger partial charge in [-0.25, -0.2) is 4.98 Å². The molecule has 1 atom stereocenters. The number of thiazole rings is 1. The molecule has 0 saturated heterocycles. The molecule has 0 bridgehead atoms. The molecular formula is C18H21N5OS. The standard InChI is InChI=1S/C18H21N5OS/c1-11-8-13(3)23(22-11)10-12(2)20-17(24)16-14(4)21-18(25-16)15-6-5-7-19-9-15/h5-9,12H,10H2,1-4H3,(H,20,24). The first-order valence-corrected chi connectivity index (χ1v) is 8.95. The van der Waals surface area contributed by atoms with Crippen LogP contribution in [0.4, 0.5) is 0 Å². The SMILES string of the molecule is Cc1cc(C)n(CC(C)NC(=O)c2sc(-c3cccnc3)nc2C)n1. The van der Waals surface area contributed by atoms with Crippen molar-refractivity contribution in [2.75, 3.05) is 0 Å². The smallest absolute Gasteiger partial charge is 0.263 e. The monoisotopic (exact) mass is 355 g/mol. The van der Waals surface area contributed by atoms with Crippen molar-refractivity contribution in [2.45, 2.75) is 40.3 Å².